The summed E-state index contributed by atoms with van der Waals surface area (Å²) in [6, 6.07) is 10.9. The summed E-state index contributed by atoms with van der Waals surface area (Å²) in [4.78, 5) is 15.5. The first-order valence-electron chi connectivity index (χ1n) is 7.45. The molecule has 2 N–H and O–H groups in total. The fourth-order valence-electron chi connectivity index (χ4n) is 2.54. The molecular weight excluding hydrogens is 347 g/mol. The molecule has 0 saturated heterocycles. The molecule has 6 heteroatoms. The number of rotatable bonds is 5. The topological polar surface area (TPSA) is 54.1 Å². The maximum absolute atomic E-state index is 12.4. The number of ether oxygens (including phenoxy) is 1. The van der Waals surface area contributed by atoms with Crippen molar-refractivity contribution in [2.45, 2.75) is 6.42 Å². The molecule has 0 bridgehead atoms. The van der Waals surface area contributed by atoms with Crippen LogP contribution in [0.2, 0.25) is 10.0 Å². The zero-order valence-electron chi connectivity index (χ0n) is 13.0. The summed E-state index contributed by atoms with van der Waals surface area (Å²) in [6.07, 6.45) is 2.34. The molecule has 24 heavy (non-hydrogen) atoms. The summed E-state index contributed by atoms with van der Waals surface area (Å²) >= 11 is 12.0. The van der Waals surface area contributed by atoms with E-state index in [4.69, 9.17) is 27.9 Å². The first kappa shape index (κ1) is 16.7. The SMILES string of the molecule is COc1ccc2[nH]cc(C(=O)NCCc3ccc(Cl)cc3Cl)c2c1. The summed E-state index contributed by atoms with van der Waals surface area (Å²) in [6.45, 7) is 0.483. The number of aromatic nitrogens is 1. The average molecular weight is 363 g/mol. The number of methoxy groups -OCH3 is 1. The first-order chi connectivity index (χ1) is 11.6. The number of halogens is 2. The predicted molar refractivity (Wildman–Crippen MR) is 97.3 cm³/mol. The van der Waals surface area contributed by atoms with Crippen LogP contribution in [-0.4, -0.2) is 24.5 Å². The van der Waals surface area contributed by atoms with Crippen LogP contribution < -0.4 is 10.1 Å². The van der Waals surface area contributed by atoms with Gasteiger partial charge in [0.25, 0.3) is 5.91 Å². The van der Waals surface area contributed by atoms with Crippen LogP contribution in [0.1, 0.15) is 15.9 Å². The second kappa shape index (κ2) is 7.16. The number of hydrogen-bond acceptors (Lipinski definition) is 2. The molecule has 0 fully saturated rings. The molecule has 124 valence electrons. The van der Waals surface area contributed by atoms with Crippen LogP contribution in [0.15, 0.2) is 42.6 Å². The monoisotopic (exact) mass is 362 g/mol. The maximum atomic E-state index is 12.4. The zero-order valence-corrected chi connectivity index (χ0v) is 14.5. The fraction of sp³-hybridized carbons (Fsp3) is 0.167. The minimum atomic E-state index is -0.139. The van der Waals surface area contributed by atoms with Gasteiger partial charge in [0, 0.05) is 33.7 Å². The highest BCUT2D eigenvalue weighted by molar-refractivity contribution is 6.35. The summed E-state index contributed by atoms with van der Waals surface area (Å²) in [5, 5.41) is 4.95. The van der Waals surface area contributed by atoms with Crippen molar-refractivity contribution in [1.82, 2.24) is 10.3 Å². The van der Waals surface area contributed by atoms with Crippen molar-refractivity contribution in [1.29, 1.82) is 0 Å². The molecule has 2 aromatic carbocycles. The molecule has 3 aromatic rings. The van der Waals surface area contributed by atoms with Gasteiger partial charge in [-0.15, -0.1) is 0 Å². The molecular formula is C18H16Cl2N2O2. The van der Waals surface area contributed by atoms with E-state index in [2.05, 4.69) is 10.3 Å². The van der Waals surface area contributed by atoms with Gasteiger partial charge in [0.05, 0.1) is 12.7 Å². The van der Waals surface area contributed by atoms with Crippen LogP contribution in [0, 0.1) is 0 Å². The third-order valence-electron chi connectivity index (χ3n) is 3.83. The Kier molecular flexibility index (Phi) is 4.97. The summed E-state index contributed by atoms with van der Waals surface area (Å²) in [5.41, 5.74) is 2.43. The predicted octanol–water partition coefficient (Wildman–Crippen LogP) is 4.46. The van der Waals surface area contributed by atoms with Gasteiger partial charge in [-0.05, 0) is 42.3 Å². The quantitative estimate of drug-likeness (QED) is 0.703. The number of benzene rings is 2. The van der Waals surface area contributed by atoms with Gasteiger partial charge in [-0.25, -0.2) is 0 Å². The van der Waals surface area contributed by atoms with Crippen LogP contribution in [0.3, 0.4) is 0 Å². The lowest BCUT2D eigenvalue weighted by atomic mass is 10.1. The van der Waals surface area contributed by atoms with Crippen LogP contribution in [0.25, 0.3) is 10.9 Å². The van der Waals surface area contributed by atoms with E-state index in [-0.39, 0.29) is 5.91 Å². The van der Waals surface area contributed by atoms with Crippen LogP contribution >= 0.6 is 23.2 Å². The van der Waals surface area contributed by atoms with Crippen molar-refractivity contribution in [3.05, 3.63) is 63.8 Å². The second-order valence-corrected chi connectivity index (χ2v) is 6.20. The molecule has 0 atom stereocenters. The normalized spacial score (nSPS) is 10.8. The van der Waals surface area contributed by atoms with Crippen molar-refractivity contribution in [2.24, 2.45) is 0 Å². The van der Waals surface area contributed by atoms with Crippen LogP contribution in [0.4, 0.5) is 0 Å². The van der Waals surface area contributed by atoms with Crippen molar-refractivity contribution in [2.75, 3.05) is 13.7 Å². The molecule has 1 aromatic heterocycles. The number of H-pyrrole nitrogens is 1. The van der Waals surface area contributed by atoms with Gasteiger partial charge in [-0.3, -0.25) is 4.79 Å². The molecule has 0 spiro atoms. The number of carbonyl (C=O) groups is 1. The third-order valence-corrected chi connectivity index (χ3v) is 4.42. The van der Waals surface area contributed by atoms with Crippen molar-refractivity contribution in [3.63, 3.8) is 0 Å². The minimum Gasteiger partial charge on any atom is -0.497 e. The number of nitrogens with one attached hydrogen (secondary N) is 2. The van der Waals surface area contributed by atoms with E-state index in [9.17, 15) is 4.79 Å². The van der Waals surface area contributed by atoms with E-state index in [0.717, 1.165) is 16.5 Å². The Hall–Kier alpha value is -2.17. The van der Waals surface area contributed by atoms with Crippen molar-refractivity contribution < 1.29 is 9.53 Å². The lowest BCUT2D eigenvalue weighted by Crippen LogP contribution is -2.25. The highest BCUT2D eigenvalue weighted by atomic mass is 35.5. The Labute approximate surface area is 149 Å². The van der Waals surface area contributed by atoms with E-state index in [0.29, 0.717) is 34.3 Å². The Bertz CT molecular complexity index is 890. The minimum absolute atomic E-state index is 0.139. The Morgan fingerprint density at radius 1 is 1.21 bits per heavy atom. The zero-order chi connectivity index (χ0) is 17.1. The smallest absolute Gasteiger partial charge is 0.253 e. The van der Waals surface area contributed by atoms with E-state index < -0.39 is 0 Å². The van der Waals surface area contributed by atoms with Gasteiger partial charge < -0.3 is 15.0 Å². The van der Waals surface area contributed by atoms with Crippen molar-refractivity contribution in [3.8, 4) is 5.75 Å². The Balaban J connectivity index is 1.69. The number of aromatic amines is 1. The van der Waals surface area contributed by atoms with E-state index in [1.807, 2.05) is 24.3 Å². The number of carbonyl (C=O) groups excluding carboxylic acids is 1. The molecule has 0 aliphatic heterocycles. The number of hydrogen-bond donors (Lipinski definition) is 2. The summed E-state index contributed by atoms with van der Waals surface area (Å²) < 4.78 is 5.22. The third kappa shape index (κ3) is 3.50. The molecule has 0 radical (unpaired) electrons. The van der Waals surface area contributed by atoms with Crippen LogP contribution in [-0.2, 0) is 6.42 Å². The largest absolute Gasteiger partial charge is 0.497 e. The van der Waals surface area contributed by atoms with Crippen LogP contribution in [0.5, 0.6) is 5.75 Å². The molecule has 0 unspecified atom stereocenters. The molecule has 0 aliphatic rings. The highest BCUT2D eigenvalue weighted by Crippen LogP contribution is 2.24. The Morgan fingerprint density at radius 2 is 2.04 bits per heavy atom. The lowest BCUT2D eigenvalue weighted by molar-refractivity contribution is 0.0956. The van der Waals surface area contributed by atoms with Gasteiger partial charge >= 0.3 is 0 Å². The summed E-state index contributed by atoms with van der Waals surface area (Å²) in [5.74, 6) is 0.573. The van der Waals surface area contributed by atoms with Gasteiger partial charge in [0.15, 0.2) is 0 Å². The molecule has 1 heterocycles. The first-order valence-corrected chi connectivity index (χ1v) is 8.21. The molecule has 0 saturated carbocycles. The van der Waals surface area contributed by atoms with Gasteiger partial charge in [0.2, 0.25) is 0 Å². The number of fused-ring (bicyclic) bond motifs is 1. The van der Waals surface area contributed by atoms with E-state index in [1.165, 1.54) is 0 Å². The average Bonchev–Trinajstić information content (AvgIpc) is 2.99. The van der Waals surface area contributed by atoms with E-state index in [1.54, 1.807) is 25.4 Å². The molecule has 1 amide bonds. The highest BCUT2D eigenvalue weighted by Gasteiger charge is 2.12. The fourth-order valence-corrected chi connectivity index (χ4v) is 3.05. The van der Waals surface area contributed by atoms with Gasteiger partial charge in [-0.2, -0.15) is 0 Å². The Morgan fingerprint density at radius 3 is 2.79 bits per heavy atom. The second-order valence-electron chi connectivity index (χ2n) is 5.36. The molecule has 4 nitrogen and oxygen atoms in total. The van der Waals surface area contributed by atoms with E-state index >= 15 is 0 Å². The number of amides is 1. The lowest BCUT2D eigenvalue weighted by Gasteiger charge is -2.07. The van der Waals surface area contributed by atoms with Gasteiger partial charge in [0.1, 0.15) is 5.75 Å². The molecule has 0 aliphatic carbocycles. The standard InChI is InChI=1S/C18H16Cl2N2O2/c1-24-13-4-5-17-14(9-13)15(10-22-17)18(23)21-7-6-11-2-3-12(19)8-16(11)20/h2-5,8-10,22H,6-7H2,1H3,(H,21,23). The molecule has 3 rings (SSSR count). The summed E-state index contributed by atoms with van der Waals surface area (Å²) in [7, 11) is 1.60. The maximum Gasteiger partial charge on any atom is 0.253 e. The van der Waals surface area contributed by atoms with Crippen molar-refractivity contribution >= 4 is 40.0 Å². The van der Waals surface area contributed by atoms with Gasteiger partial charge in [-0.1, -0.05) is 29.3 Å².